The molecule has 1 rings (SSSR count). The lowest BCUT2D eigenvalue weighted by molar-refractivity contribution is 0.161. The van der Waals surface area contributed by atoms with Crippen molar-refractivity contribution in [2.75, 3.05) is 42.7 Å². The molecule has 0 bridgehead atoms. The molecule has 0 aliphatic carbocycles. The number of aliphatic hydroxyl groups is 1. The highest BCUT2D eigenvalue weighted by Crippen LogP contribution is 2.12. The summed E-state index contributed by atoms with van der Waals surface area (Å²) in [5.74, 6) is 2.05. The van der Waals surface area contributed by atoms with Crippen LogP contribution in [-0.4, -0.2) is 53.3 Å². The average molecular weight is 282 g/mol. The molecule has 1 unspecified atom stereocenters. The summed E-state index contributed by atoms with van der Waals surface area (Å²) < 4.78 is 0. The van der Waals surface area contributed by atoms with Gasteiger partial charge >= 0.3 is 0 Å². The maximum atomic E-state index is 9.87. The molecule has 7 heteroatoms. The number of hydrogen-bond donors (Lipinski definition) is 3. The van der Waals surface area contributed by atoms with E-state index in [2.05, 4.69) is 39.4 Å². The Kier molecular flexibility index (Phi) is 6.44. The minimum absolute atomic E-state index is 0.405. The van der Waals surface area contributed by atoms with Crippen molar-refractivity contribution in [3.8, 4) is 0 Å². The number of rotatable bonds is 8. The number of aliphatic hydroxyl groups excluding tert-OH is 1. The first-order valence-electron chi connectivity index (χ1n) is 7.01. The predicted octanol–water partition coefficient (Wildman–Crippen LogP) is 1.19. The molecule has 0 saturated heterocycles. The zero-order valence-corrected chi connectivity index (χ0v) is 13.0. The summed E-state index contributed by atoms with van der Waals surface area (Å²) in [6.07, 6.45) is 0.343. The quantitative estimate of drug-likeness (QED) is 0.660. The first-order valence-corrected chi connectivity index (χ1v) is 7.01. The van der Waals surface area contributed by atoms with E-state index in [4.69, 9.17) is 0 Å². The molecular formula is C13H26N6O. The third-order valence-corrected chi connectivity index (χ3v) is 2.60. The summed E-state index contributed by atoms with van der Waals surface area (Å²) in [6, 6.07) is 0. The molecule has 114 valence electrons. The van der Waals surface area contributed by atoms with Gasteiger partial charge in [0.1, 0.15) is 0 Å². The van der Waals surface area contributed by atoms with Gasteiger partial charge < -0.3 is 20.6 Å². The number of nitrogens with zero attached hydrogens (tertiary/aromatic N) is 4. The fourth-order valence-electron chi connectivity index (χ4n) is 1.72. The summed E-state index contributed by atoms with van der Waals surface area (Å²) in [7, 11) is 3.75. The van der Waals surface area contributed by atoms with Crippen molar-refractivity contribution < 1.29 is 5.11 Å². The van der Waals surface area contributed by atoms with E-state index in [-0.39, 0.29) is 0 Å². The summed E-state index contributed by atoms with van der Waals surface area (Å²) >= 11 is 0. The monoisotopic (exact) mass is 282 g/mol. The molecule has 7 nitrogen and oxygen atoms in total. The van der Waals surface area contributed by atoms with E-state index in [0.29, 0.717) is 30.3 Å². The van der Waals surface area contributed by atoms with Crippen molar-refractivity contribution in [2.45, 2.75) is 33.3 Å². The molecule has 1 aromatic rings. The standard InChI is InChI=1S/C13H26N6O/c1-6-14-11-16-12(18-13(17-11)19(4)5)15-8-10(20)7-9(2)3/h9-10,20H,6-8H2,1-5H3,(H2,14,15,16,17,18). The van der Waals surface area contributed by atoms with Crippen molar-refractivity contribution in [1.29, 1.82) is 0 Å². The van der Waals surface area contributed by atoms with Gasteiger partial charge in [0.05, 0.1) is 6.10 Å². The minimum Gasteiger partial charge on any atom is -0.391 e. The molecule has 0 fully saturated rings. The van der Waals surface area contributed by atoms with E-state index in [0.717, 1.165) is 13.0 Å². The van der Waals surface area contributed by atoms with Crippen molar-refractivity contribution in [3.63, 3.8) is 0 Å². The topological polar surface area (TPSA) is 86.2 Å². The third-order valence-electron chi connectivity index (χ3n) is 2.60. The van der Waals surface area contributed by atoms with E-state index in [1.807, 2.05) is 25.9 Å². The van der Waals surface area contributed by atoms with E-state index < -0.39 is 6.10 Å². The molecule has 0 aromatic carbocycles. The maximum absolute atomic E-state index is 9.87. The Labute approximate surface area is 120 Å². The van der Waals surface area contributed by atoms with Gasteiger partial charge in [-0.3, -0.25) is 0 Å². The highest BCUT2D eigenvalue weighted by atomic mass is 16.3. The molecule has 0 saturated carbocycles. The third kappa shape index (κ3) is 5.56. The fourth-order valence-corrected chi connectivity index (χ4v) is 1.72. The Morgan fingerprint density at radius 1 is 1.10 bits per heavy atom. The molecule has 0 aliphatic rings. The average Bonchev–Trinajstić information content (AvgIpc) is 2.35. The summed E-state index contributed by atoms with van der Waals surface area (Å²) in [5, 5.41) is 16.0. The summed E-state index contributed by atoms with van der Waals surface area (Å²) in [6.45, 7) is 7.32. The molecule has 0 radical (unpaired) electrons. The van der Waals surface area contributed by atoms with Crippen LogP contribution in [0.5, 0.6) is 0 Å². The highest BCUT2D eigenvalue weighted by Gasteiger charge is 2.10. The highest BCUT2D eigenvalue weighted by molar-refractivity contribution is 5.42. The van der Waals surface area contributed by atoms with E-state index in [9.17, 15) is 5.11 Å². The Morgan fingerprint density at radius 3 is 2.20 bits per heavy atom. The van der Waals surface area contributed by atoms with Crippen molar-refractivity contribution in [2.24, 2.45) is 5.92 Å². The van der Waals surface area contributed by atoms with Gasteiger partial charge in [-0.25, -0.2) is 0 Å². The van der Waals surface area contributed by atoms with Crippen LogP contribution in [0.25, 0.3) is 0 Å². The SMILES string of the molecule is CCNc1nc(NCC(O)CC(C)C)nc(N(C)C)n1. The first-order chi connectivity index (χ1) is 9.42. The molecule has 0 amide bonds. The molecule has 20 heavy (non-hydrogen) atoms. The Hall–Kier alpha value is -1.63. The van der Waals surface area contributed by atoms with E-state index in [1.165, 1.54) is 0 Å². The number of hydrogen-bond acceptors (Lipinski definition) is 7. The molecule has 1 aromatic heterocycles. The van der Waals surface area contributed by atoms with Crippen LogP contribution in [0.2, 0.25) is 0 Å². The number of aromatic nitrogens is 3. The molecule has 0 aliphatic heterocycles. The van der Waals surface area contributed by atoms with Gasteiger partial charge in [0.2, 0.25) is 17.8 Å². The second-order valence-electron chi connectivity index (χ2n) is 5.37. The van der Waals surface area contributed by atoms with Crippen molar-refractivity contribution in [1.82, 2.24) is 15.0 Å². The van der Waals surface area contributed by atoms with Gasteiger partial charge in [-0.1, -0.05) is 13.8 Å². The largest absolute Gasteiger partial charge is 0.391 e. The lowest BCUT2D eigenvalue weighted by Crippen LogP contribution is -2.23. The zero-order valence-electron chi connectivity index (χ0n) is 13.0. The molecular weight excluding hydrogens is 256 g/mol. The van der Waals surface area contributed by atoms with Crippen molar-refractivity contribution >= 4 is 17.8 Å². The number of nitrogens with one attached hydrogen (secondary N) is 2. The summed E-state index contributed by atoms with van der Waals surface area (Å²) in [4.78, 5) is 14.7. The van der Waals surface area contributed by atoms with Crippen molar-refractivity contribution in [3.05, 3.63) is 0 Å². The second kappa shape index (κ2) is 7.84. The lowest BCUT2D eigenvalue weighted by atomic mass is 10.1. The van der Waals surface area contributed by atoms with Gasteiger partial charge in [-0.2, -0.15) is 15.0 Å². The Morgan fingerprint density at radius 2 is 1.70 bits per heavy atom. The maximum Gasteiger partial charge on any atom is 0.231 e. The minimum atomic E-state index is -0.405. The zero-order chi connectivity index (χ0) is 15.1. The Balaban J connectivity index is 2.72. The van der Waals surface area contributed by atoms with E-state index >= 15 is 0 Å². The molecule has 1 atom stereocenters. The van der Waals surface area contributed by atoms with Crippen LogP contribution in [-0.2, 0) is 0 Å². The van der Waals surface area contributed by atoms with Crippen LogP contribution in [0.1, 0.15) is 27.2 Å². The first kappa shape index (κ1) is 16.4. The van der Waals surface area contributed by atoms with E-state index in [1.54, 1.807) is 0 Å². The van der Waals surface area contributed by atoms with Gasteiger partial charge in [-0.15, -0.1) is 0 Å². The molecule has 3 N–H and O–H groups in total. The smallest absolute Gasteiger partial charge is 0.231 e. The van der Waals surface area contributed by atoms with Crippen LogP contribution < -0.4 is 15.5 Å². The van der Waals surface area contributed by atoms with Crippen LogP contribution >= 0.6 is 0 Å². The summed E-state index contributed by atoms with van der Waals surface area (Å²) in [5.41, 5.74) is 0. The predicted molar refractivity (Wildman–Crippen MR) is 82.3 cm³/mol. The normalized spacial score (nSPS) is 12.3. The van der Waals surface area contributed by atoms with Crippen LogP contribution in [0.4, 0.5) is 17.8 Å². The lowest BCUT2D eigenvalue weighted by Gasteiger charge is -2.16. The number of anilines is 3. The van der Waals surface area contributed by atoms with Crippen LogP contribution in [0.3, 0.4) is 0 Å². The Bertz CT molecular complexity index is 410. The van der Waals surface area contributed by atoms with Crippen LogP contribution in [0, 0.1) is 5.92 Å². The fraction of sp³-hybridized carbons (Fsp3) is 0.769. The van der Waals surface area contributed by atoms with Gasteiger partial charge in [-0.05, 0) is 19.3 Å². The molecule has 1 heterocycles. The van der Waals surface area contributed by atoms with Gasteiger partial charge in [0, 0.05) is 27.2 Å². The van der Waals surface area contributed by atoms with Gasteiger partial charge in [0.25, 0.3) is 0 Å². The second-order valence-corrected chi connectivity index (χ2v) is 5.37. The van der Waals surface area contributed by atoms with Crippen LogP contribution in [0.15, 0.2) is 0 Å². The molecule has 0 spiro atoms. The van der Waals surface area contributed by atoms with Gasteiger partial charge in [0.15, 0.2) is 0 Å².